The van der Waals surface area contributed by atoms with E-state index in [2.05, 4.69) is 5.32 Å². The zero-order chi connectivity index (χ0) is 12.8. The number of nitrogens with two attached hydrogens (primary N) is 1. The van der Waals surface area contributed by atoms with Gasteiger partial charge in [-0.1, -0.05) is 18.2 Å². The van der Waals surface area contributed by atoms with Crippen molar-refractivity contribution in [3.8, 4) is 0 Å². The number of nitrogens with one attached hydrogen (secondary N) is 1. The van der Waals surface area contributed by atoms with E-state index in [-0.39, 0.29) is 5.91 Å². The SMILES string of the molecule is NCc1cccc(NC(=O)C=Cc2cccs2)c1. The number of thiophene rings is 1. The molecule has 1 amide bonds. The number of hydrogen-bond donors (Lipinski definition) is 2. The van der Waals surface area contributed by atoms with Crippen LogP contribution >= 0.6 is 11.3 Å². The Morgan fingerprint density at radius 1 is 1.33 bits per heavy atom. The number of carbonyl (C=O) groups excluding carboxylic acids is 1. The average molecular weight is 258 g/mol. The Hall–Kier alpha value is -1.91. The lowest BCUT2D eigenvalue weighted by Crippen LogP contribution is -2.08. The second-order valence-electron chi connectivity index (χ2n) is 3.74. The van der Waals surface area contributed by atoms with Gasteiger partial charge < -0.3 is 11.1 Å². The monoisotopic (exact) mass is 258 g/mol. The summed E-state index contributed by atoms with van der Waals surface area (Å²) in [7, 11) is 0. The minimum absolute atomic E-state index is 0.141. The van der Waals surface area contributed by atoms with Gasteiger partial charge in [-0.3, -0.25) is 4.79 Å². The molecule has 18 heavy (non-hydrogen) atoms. The summed E-state index contributed by atoms with van der Waals surface area (Å²) in [6.45, 7) is 0.467. The van der Waals surface area contributed by atoms with E-state index in [1.54, 1.807) is 17.4 Å². The highest BCUT2D eigenvalue weighted by molar-refractivity contribution is 7.10. The summed E-state index contributed by atoms with van der Waals surface area (Å²) < 4.78 is 0. The first kappa shape index (κ1) is 12.5. The second kappa shape index (κ2) is 6.14. The largest absolute Gasteiger partial charge is 0.326 e. The fraction of sp³-hybridized carbons (Fsp3) is 0.0714. The van der Waals surface area contributed by atoms with Crippen LogP contribution in [0.1, 0.15) is 10.4 Å². The minimum atomic E-state index is -0.141. The molecule has 0 saturated heterocycles. The van der Waals surface area contributed by atoms with Crippen LogP contribution in [0.2, 0.25) is 0 Å². The topological polar surface area (TPSA) is 55.1 Å². The van der Waals surface area contributed by atoms with E-state index in [0.29, 0.717) is 6.54 Å². The summed E-state index contributed by atoms with van der Waals surface area (Å²) in [5, 5.41) is 4.78. The molecule has 0 aliphatic rings. The molecule has 2 rings (SSSR count). The molecule has 1 heterocycles. The van der Waals surface area contributed by atoms with E-state index in [1.165, 1.54) is 6.08 Å². The van der Waals surface area contributed by atoms with E-state index < -0.39 is 0 Å². The van der Waals surface area contributed by atoms with Gasteiger partial charge in [0.2, 0.25) is 5.91 Å². The number of carbonyl (C=O) groups is 1. The maximum absolute atomic E-state index is 11.7. The first-order chi connectivity index (χ1) is 8.78. The van der Waals surface area contributed by atoms with Gasteiger partial charge in [0.15, 0.2) is 0 Å². The normalized spacial score (nSPS) is 10.7. The molecule has 0 fully saturated rings. The summed E-state index contributed by atoms with van der Waals surface area (Å²) in [5.74, 6) is -0.141. The van der Waals surface area contributed by atoms with E-state index in [4.69, 9.17) is 5.73 Å². The fourth-order valence-corrected chi connectivity index (χ4v) is 2.12. The number of hydrogen-bond acceptors (Lipinski definition) is 3. The highest BCUT2D eigenvalue weighted by Gasteiger charge is 1.98. The first-order valence-electron chi connectivity index (χ1n) is 5.59. The molecule has 4 heteroatoms. The lowest BCUT2D eigenvalue weighted by molar-refractivity contribution is -0.111. The average Bonchev–Trinajstić information content (AvgIpc) is 2.90. The van der Waals surface area contributed by atoms with Crippen LogP contribution in [0.15, 0.2) is 47.9 Å². The van der Waals surface area contributed by atoms with Crippen molar-refractivity contribution in [2.45, 2.75) is 6.54 Å². The van der Waals surface area contributed by atoms with Crippen molar-refractivity contribution in [3.05, 3.63) is 58.3 Å². The van der Waals surface area contributed by atoms with Crippen LogP contribution < -0.4 is 11.1 Å². The van der Waals surface area contributed by atoms with Crippen molar-refractivity contribution < 1.29 is 4.79 Å². The predicted octanol–water partition coefficient (Wildman–Crippen LogP) is 2.86. The number of rotatable bonds is 4. The van der Waals surface area contributed by atoms with Crippen molar-refractivity contribution in [1.82, 2.24) is 0 Å². The Morgan fingerprint density at radius 3 is 2.94 bits per heavy atom. The molecule has 3 nitrogen and oxygen atoms in total. The van der Waals surface area contributed by atoms with Crippen molar-refractivity contribution in [1.29, 1.82) is 0 Å². The number of benzene rings is 1. The summed E-state index contributed by atoms with van der Waals surface area (Å²) >= 11 is 1.59. The standard InChI is InChI=1S/C14H14N2OS/c15-10-11-3-1-4-12(9-11)16-14(17)7-6-13-5-2-8-18-13/h1-9H,10,15H2,(H,16,17). The Labute approximate surface area is 110 Å². The van der Waals surface area contributed by atoms with Crippen LogP contribution in [0.4, 0.5) is 5.69 Å². The van der Waals surface area contributed by atoms with E-state index in [0.717, 1.165) is 16.1 Å². The Kier molecular flexibility index (Phi) is 4.28. The van der Waals surface area contributed by atoms with Crippen molar-refractivity contribution in [2.75, 3.05) is 5.32 Å². The van der Waals surface area contributed by atoms with E-state index in [9.17, 15) is 4.79 Å². The lowest BCUT2D eigenvalue weighted by atomic mass is 10.2. The van der Waals surface area contributed by atoms with Gasteiger partial charge in [0.1, 0.15) is 0 Å². The summed E-state index contributed by atoms with van der Waals surface area (Å²) in [4.78, 5) is 12.7. The highest BCUT2D eigenvalue weighted by Crippen LogP contribution is 2.12. The van der Waals surface area contributed by atoms with Crippen LogP contribution in [0.25, 0.3) is 6.08 Å². The number of anilines is 1. The van der Waals surface area contributed by atoms with Gasteiger partial charge >= 0.3 is 0 Å². The smallest absolute Gasteiger partial charge is 0.248 e. The Bertz CT molecular complexity index is 547. The molecule has 0 saturated carbocycles. The van der Waals surface area contributed by atoms with Gasteiger partial charge in [-0.25, -0.2) is 0 Å². The van der Waals surface area contributed by atoms with Crippen molar-refractivity contribution in [2.24, 2.45) is 5.73 Å². The van der Waals surface area contributed by atoms with Gasteiger partial charge in [-0.15, -0.1) is 11.3 Å². The molecule has 3 N–H and O–H groups in total. The number of amides is 1. The molecular formula is C14H14N2OS. The fourth-order valence-electron chi connectivity index (χ4n) is 1.50. The maximum atomic E-state index is 11.7. The molecule has 0 radical (unpaired) electrons. The summed E-state index contributed by atoms with van der Waals surface area (Å²) in [6, 6.07) is 11.4. The first-order valence-corrected chi connectivity index (χ1v) is 6.47. The molecule has 0 spiro atoms. The molecule has 1 aromatic carbocycles. The molecular weight excluding hydrogens is 244 g/mol. The maximum Gasteiger partial charge on any atom is 0.248 e. The van der Waals surface area contributed by atoms with Gasteiger partial charge in [0.05, 0.1) is 0 Å². The zero-order valence-electron chi connectivity index (χ0n) is 9.80. The molecule has 0 aliphatic carbocycles. The van der Waals surface area contributed by atoms with E-state index in [1.807, 2.05) is 41.8 Å². The summed E-state index contributed by atoms with van der Waals surface area (Å²) in [5.41, 5.74) is 7.31. The Balaban J connectivity index is 1.98. The molecule has 0 bridgehead atoms. The van der Waals surface area contributed by atoms with Gasteiger partial charge in [-0.2, -0.15) is 0 Å². The van der Waals surface area contributed by atoms with Crippen LogP contribution in [0.3, 0.4) is 0 Å². The quantitative estimate of drug-likeness (QED) is 0.828. The lowest BCUT2D eigenvalue weighted by Gasteiger charge is -2.03. The highest BCUT2D eigenvalue weighted by atomic mass is 32.1. The van der Waals surface area contributed by atoms with Gasteiger partial charge in [-0.05, 0) is 35.2 Å². The van der Waals surface area contributed by atoms with E-state index >= 15 is 0 Å². The molecule has 0 atom stereocenters. The predicted molar refractivity (Wildman–Crippen MR) is 76.3 cm³/mol. The third kappa shape index (κ3) is 3.55. The van der Waals surface area contributed by atoms with Crippen LogP contribution in [-0.4, -0.2) is 5.91 Å². The van der Waals surface area contributed by atoms with Crippen molar-refractivity contribution >= 4 is 29.0 Å². The van der Waals surface area contributed by atoms with Crippen LogP contribution in [-0.2, 0) is 11.3 Å². The summed E-state index contributed by atoms with van der Waals surface area (Å²) in [6.07, 6.45) is 3.33. The van der Waals surface area contributed by atoms with Crippen LogP contribution in [0.5, 0.6) is 0 Å². The molecule has 1 aromatic heterocycles. The van der Waals surface area contributed by atoms with Crippen LogP contribution in [0, 0.1) is 0 Å². The molecule has 2 aromatic rings. The third-order valence-corrected chi connectivity index (χ3v) is 3.21. The zero-order valence-corrected chi connectivity index (χ0v) is 10.6. The third-order valence-electron chi connectivity index (χ3n) is 2.37. The Morgan fingerprint density at radius 2 is 2.22 bits per heavy atom. The van der Waals surface area contributed by atoms with Gasteiger partial charge in [0, 0.05) is 23.2 Å². The molecule has 0 aliphatic heterocycles. The molecule has 92 valence electrons. The molecule has 0 unspecified atom stereocenters. The minimum Gasteiger partial charge on any atom is -0.326 e. The van der Waals surface area contributed by atoms with Gasteiger partial charge in [0.25, 0.3) is 0 Å². The second-order valence-corrected chi connectivity index (χ2v) is 4.72. The van der Waals surface area contributed by atoms with Crippen molar-refractivity contribution in [3.63, 3.8) is 0 Å².